The van der Waals surface area contributed by atoms with Crippen LogP contribution >= 0.6 is 0 Å². The molecule has 0 unspecified atom stereocenters. The van der Waals surface area contributed by atoms with Gasteiger partial charge in [-0.15, -0.1) is 0 Å². The molecule has 3 aliphatic rings. The van der Waals surface area contributed by atoms with Gasteiger partial charge in [-0.2, -0.15) is 18.4 Å². The van der Waals surface area contributed by atoms with Crippen LogP contribution in [0.2, 0.25) is 0 Å². The fourth-order valence-electron chi connectivity index (χ4n) is 5.70. The first-order valence-corrected chi connectivity index (χ1v) is 12.5. The molecule has 1 atom stereocenters. The molecule has 0 radical (unpaired) electrons. The molecule has 6 nitrogen and oxygen atoms in total. The summed E-state index contributed by atoms with van der Waals surface area (Å²) in [7, 11) is 0. The highest BCUT2D eigenvalue weighted by Gasteiger charge is 2.46. The summed E-state index contributed by atoms with van der Waals surface area (Å²) in [4.78, 5) is 15.6. The van der Waals surface area contributed by atoms with Crippen LogP contribution in [0.15, 0.2) is 83.8 Å². The zero-order valence-electron chi connectivity index (χ0n) is 21.2. The van der Waals surface area contributed by atoms with E-state index in [4.69, 9.17) is 9.47 Å². The molecule has 9 heteroatoms. The van der Waals surface area contributed by atoms with Crippen molar-refractivity contribution in [1.29, 1.82) is 5.26 Å². The lowest BCUT2D eigenvalue weighted by molar-refractivity contribution is -0.137. The fourth-order valence-corrected chi connectivity index (χ4v) is 5.70. The van der Waals surface area contributed by atoms with Gasteiger partial charge in [0.05, 0.1) is 23.1 Å². The summed E-state index contributed by atoms with van der Waals surface area (Å²) in [5.74, 6) is 0.795. The summed E-state index contributed by atoms with van der Waals surface area (Å²) in [5, 5.41) is 10.6. The highest BCUT2D eigenvalue weighted by molar-refractivity contribution is 6.03. The topological polar surface area (TPSA) is 67.5 Å². The first-order valence-electron chi connectivity index (χ1n) is 12.5. The maximum atomic E-state index is 13.9. The van der Waals surface area contributed by atoms with Crippen LogP contribution in [0.25, 0.3) is 5.82 Å². The monoisotopic (exact) mass is 531 g/mol. The van der Waals surface area contributed by atoms with Crippen molar-refractivity contribution in [3.63, 3.8) is 0 Å². The number of ketones is 1. The van der Waals surface area contributed by atoms with E-state index in [1.54, 1.807) is 34.0 Å². The van der Waals surface area contributed by atoms with Crippen LogP contribution in [0.4, 0.5) is 18.9 Å². The molecule has 0 N–H and O–H groups in total. The van der Waals surface area contributed by atoms with Crippen molar-refractivity contribution in [2.45, 2.75) is 38.8 Å². The molecule has 0 saturated carbocycles. The number of alkyl halides is 3. The highest BCUT2D eigenvalue weighted by atomic mass is 19.4. The number of rotatable bonds is 3. The average molecular weight is 532 g/mol. The Morgan fingerprint density at radius 1 is 1.00 bits per heavy atom. The van der Waals surface area contributed by atoms with Crippen molar-refractivity contribution in [2.75, 3.05) is 11.7 Å². The quantitative estimate of drug-likeness (QED) is 0.369. The number of hydrogen-bond acceptors (Lipinski definition) is 5. The molecule has 0 spiro atoms. The normalized spacial score (nSPS) is 20.3. The van der Waals surface area contributed by atoms with E-state index in [9.17, 15) is 23.2 Å². The van der Waals surface area contributed by atoms with Crippen LogP contribution in [-0.4, -0.2) is 17.1 Å². The molecule has 1 aromatic heterocycles. The first-order chi connectivity index (χ1) is 18.6. The van der Waals surface area contributed by atoms with Gasteiger partial charge >= 0.3 is 6.18 Å². The third-order valence-corrected chi connectivity index (χ3v) is 7.35. The Hall–Kier alpha value is -4.45. The second-order valence-corrected chi connectivity index (χ2v) is 10.7. The highest BCUT2D eigenvalue weighted by Crippen LogP contribution is 2.53. The van der Waals surface area contributed by atoms with Crippen molar-refractivity contribution in [1.82, 2.24) is 4.57 Å². The van der Waals surface area contributed by atoms with E-state index in [-0.39, 0.29) is 19.0 Å². The smallest absolute Gasteiger partial charge is 0.416 e. The molecule has 3 heterocycles. The van der Waals surface area contributed by atoms with E-state index in [1.165, 1.54) is 12.1 Å². The lowest BCUT2D eigenvalue weighted by Crippen LogP contribution is -2.40. The minimum Gasteiger partial charge on any atom is -0.454 e. The standard InChI is InChI=1S/C30H24F3N3O3/c1-29(2)14-22-27(23(37)15-29)26(18-5-10-24-25(13-18)39-17-38-24)21(16-34)28(35-11-3-4-12-35)36(22)20-8-6-19(7-9-20)30(31,32)33/h3-13,26H,14-15,17H2,1-2H3/t26-/m0/s1. The van der Waals surface area contributed by atoms with E-state index < -0.39 is 23.1 Å². The van der Waals surface area contributed by atoms with Gasteiger partial charge in [-0.1, -0.05) is 19.9 Å². The molecule has 2 aliphatic heterocycles. The van der Waals surface area contributed by atoms with E-state index in [0.717, 1.165) is 12.1 Å². The van der Waals surface area contributed by atoms with E-state index in [2.05, 4.69) is 6.07 Å². The van der Waals surface area contributed by atoms with Crippen molar-refractivity contribution in [2.24, 2.45) is 5.41 Å². The molecular formula is C30H24F3N3O3. The molecule has 39 heavy (non-hydrogen) atoms. The van der Waals surface area contributed by atoms with E-state index in [0.29, 0.717) is 51.8 Å². The first kappa shape index (κ1) is 24.9. The molecular weight excluding hydrogens is 507 g/mol. The predicted molar refractivity (Wildman–Crippen MR) is 138 cm³/mol. The molecule has 0 saturated heterocycles. The van der Waals surface area contributed by atoms with Gasteiger partial charge in [0, 0.05) is 35.8 Å². The zero-order chi connectivity index (χ0) is 27.5. The maximum Gasteiger partial charge on any atom is 0.416 e. The molecule has 0 fully saturated rings. The number of halogens is 3. The minimum atomic E-state index is -4.49. The molecule has 6 rings (SSSR count). The molecule has 3 aromatic rings. The largest absolute Gasteiger partial charge is 0.454 e. The second kappa shape index (κ2) is 8.80. The summed E-state index contributed by atoms with van der Waals surface area (Å²) in [6, 6.07) is 16.2. The van der Waals surface area contributed by atoms with E-state index in [1.807, 2.05) is 32.0 Å². The van der Waals surface area contributed by atoms with Crippen molar-refractivity contribution >= 4 is 17.3 Å². The Morgan fingerprint density at radius 3 is 2.36 bits per heavy atom. The average Bonchev–Trinajstić information content (AvgIpc) is 3.58. The number of Topliss-reactive ketones (excluding diaryl/α,β-unsaturated/α-hetero) is 1. The zero-order valence-corrected chi connectivity index (χ0v) is 21.2. The number of benzene rings is 2. The number of nitriles is 1. The van der Waals surface area contributed by atoms with Gasteiger partial charge in [0.2, 0.25) is 6.79 Å². The SMILES string of the molecule is CC1(C)CC(=O)C2=C(C1)N(c1ccc(C(F)(F)F)cc1)C(n1cccc1)=C(C#N)[C@@H]2c1ccc2c(c1)OCO2. The summed E-state index contributed by atoms with van der Waals surface area (Å²) in [6.07, 6.45) is -0.163. The molecule has 0 amide bonds. The number of anilines is 1. The predicted octanol–water partition coefficient (Wildman–Crippen LogP) is 6.87. The number of carbonyl (C=O) groups is 1. The van der Waals surface area contributed by atoms with Crippen LogP contribution in [-0.2, 0) is 11.0 Å². The minimum absolute atomic E-state index is 0.0851. The summed E-state index contributed by atoms with van der Waals surface area (Å²) < 4.78 is 53.0. The molecule has 1 aliphatic carbocycles. The number of carbonyl (C=O) groups excluding carboxylic acids is 1. The van der Waals surface area contributed by atoms with Crippen LogP contribution in [0.1, 0.15) is 43.7 Å². The van der Waals surface area contributed by atoms with Gasteiger partial charge < -0.3 is 14.0 Å². The van der Waals surface area contributed by atoms with E-state index >= 15 is 0 Å². The van der Waals surface area contributed by atoms with Gasteiger partial charge in [0.25, 0.3) is 0 Å². The second-order valence-electron chi connectivity index (χ2n) is 10.7. The number of allylic oxidation sites excluding steroid dienone is 3. The van der Waals surface area contributed by atoms with Crippen LogP contribution in [0, 0.1) is 16.7 Å². The summed E-state index contributed by atoms with van der Waals surface area (Å²) in [5.41, 5.74) is 1.40. The van der Waals surface area contributed by atoms with Gasteiger partial charge in [-0.25, -0.2) is 0 Å². The molecule has 0 bridgehead atoms. The van der Waals surface area contributed by atoms with Crippen molar-refractivity contribution < 1.29 is 27.4 Å². The third-order valence-electron chi connectivity index (χ3n) is 7.35. The fraction of sp³-hybridized carbons (Fsp3) is 0.267. The maximum absolute atomic E-state index is 13.9. The van der Waals surface area contributed by atoms with Gasteiger partial charge in [-0.05, 0) is 65.9 Å². The lowest BCUT2D eigenvalue weighted by Gasteiger charge is -2.45. The summed E-state index contributed by atoms with van der Waals surface area (Å²) in [6.45, 7) is 4.07. The number of nitrogens with zero attached hydrogens (tertiary/aromatic N) is 3. The number of fused-ring (bicyclic) bond motifs is 1. The van der Waals surface area contributed by atoms with Gasteiger partial charge in [-0.3, -0.25) is 9.69 Å². The van der Waals surface area contributed by atoms with Gasteiger partial charge in [0.1, 0.15) is 5.82 Å². The van der Waals surface area contributed by atoms with Crippen molar-refractivity contribution in [3.05, 3.63) is 95.0 Å². The van der Waals surface area contributed by atoms with Crippen LogP contribution < -0.4 is 14.4 Å². The Balaban J connectivity index is 1.63. The number of ether oxygens (including phenoxy) is 2. The number of aromatic nitrogens is 1. The Labute approximate surface area is 223 Å². The van der Waals surface area contributed by atoms with Crippen LogP contribution in [0.3, 0.4) is 0 Å². The number of hydrogen-bond donors (Lipinski definition) is 0. The van der Waals surface area contributed by atoms with Crippen LogP contribution in [0.5, 0.6) is 11.5 Å². The Morgan fingerprint density at radius 2 is 1.69 bits per heavy atom. The molecule has 198 valence electrons. The summed E-state index contributed by atoms with van der Waals surface area (Å²) >= 11 is 0. The molecule has 2 aromatic carbocycles. The van der Waals surface area contributed by atoms with Crippen molar-refractivity contribution in [3.8, 4) is 17.6 Å². The third kappa shape index (κ3) is 4.16. The lowest BCUT2D eigenvalue weighted by atomic mass is 9.68. The Bertz CT molecular complexity index is 1580. The Kier molecular flexibility index (Phi) is 5.61. The van der Waals surface area contributed by atoms with Gasteiger partial charge in [0.15, 0.2) is 17.3 Å².